The quantitative estimate of drug-likeness (QED) is 0.875. The van der Waals surface area contributed by atoms with E-state index in [1.807, 2.05) is 31.3 Å². The minimum atomic E-state index is -0.985. The lowest BCUT2D eigenvalue weighted by Crippen LogP contribution is -2.59. The van der Waals surface area contributed by atoms with E-state index in [0.29, 0.717) is 18.3 Å². The number of aromatic nitrogens is 2. The van der Waals surface area contributed by atoms with Crippen molar-refractivity contribution in [1.82, 2.24) is 20.4 Å². The van der Waals surface area contributed by atoms with Crippen LogP contribution < -0.4 is 5.32 Å². The van der Waals surface area contributed by atoms with E-state index >= 15 is 0 Å². The molecule has 1 aromatic heterocycles. The summed E-state index contributed by atoms with van der Waals surface area (Å²) in [5, 5.41) is 10.2. The van der Waals surface area contributed by atoms with Gasteiger partial charge in [0.05, 0.1) is 24.4 Å². The van der Waals surface area contributed by atoms with Gasteiger partial charge < -0.3 is 10.2 Å². The molecule has 7 nitrogen and oxygen atoms in total. The van der Waals surface area contributed by atoms with Gasteiger partial charge in [0, 0.05) is 12.1 Å². The van der Waals surface area contributed by atoms with E-state index < -0.39 is 5.54 Å². The van der Waals surface area contributed by atoms with Crippen LogP contribution in [0.3, 0.4) is 0 Å². The second-order valence-electron chi connectivity index (χ2n) is 7.16. The third kappa shape index (κ3) is 2.90. The molecule has 130 valence electrons. The molecule has 0 unspecified atom stereocenters. The standard InChI is InChI=1S/C18H21N5O2/c1-11-5-6-23-15(7-11)20-16(24)9-18(23,2)17(25)19-10-13-8-14(22-21-13)12-3-4-12/h5-8,12H,3-4,9-10H2,1-2H3,(H,19,25)(H,21,22)/t18-/m0/s1. The molecule has 0 aromatic carbocycles. The number of rotatable bonds is 4. The first kappa shape index (κ1) is 15.8. The van der Waals surface area contributed by atoms with E-state index in [1.54, 1.807) is 11.8 Å². The number of carbonyl (C=O) groups excluding carboxylic acids is 2. The summed E-state index contributed by atoms with van der Waals surface area (Å²) in [5.74, 6) is 0.613. The van der Waals surface area contributed by atoms with Crippen molar-refractivity contribution in [2.24, 2.45) is 4.99 Å². The van der Waals surface area contributed by atoms with Crippen molar-refractivity contribution < 1.29 is 9.59 Å². The highest BCUT2D eigenvalue weighted by molar-refractivity contribution is 6.09. The first-order valence-corrected chi connectivity index (χ1v) is 8.55. The van der Waals surface area contributed by atoms with E-state index in [9.17, 15) is 9.59 Å². The van der Waals surface area contributed by atoms with Crippen molar-refractivity contribution in [3.05, 3.63) is 41.4 Å². The van der Waals surface area contributed by atoms with Crippen LogP contribution in [0.25, 0.3) is 0 Å². The number of nitrogens with zero attached hydrogens (tertiary/aromatic N) is 3. The average molecular weight is 339 g/mol. The Labute approximate surface area is 145 Å². The van der Waals surface area contributed by atoms with Gasteiger partial charge in [0.15, 0.2) is 0 Å². The summed E-state index contributed by atoms with van der Waals surface area (Å²) in [6.45, 7) is 4.07. The zero-order valence-electron chi connectivity index (χ0n) is 14.4. The van der Waals surface area contributed by atoms with Gasteiger partial charge >= 0.3 is 0 Å². The maximum Gasteiger partial charge on any atom is 0.250 e. The number of carbonyl (C=O) groups is 2. The molecule has 3 heterocycles. The summed E-state index contributed by atoms with van der Waals surface area (Å²) in [7, 11) is 0. The minimum absolute atomic E-state index is 0.0514. The number of nitrogens with one attached hydrogen (secondary N) is 2. The topological polar surface area (TPSA) is 90.5 Å². The molecule has 1 atom stereocenters. The highest BCUT2D eigenvalue weighted by Crippen LogP contribution is 2.39. The SMILES string of the molecule is CC1=CC2=NC(=O)C[C@@](C)(C(=O)NCc3cc(C4CC4)n[nH]3)N2C=C1. The fourth-order valence-electron chi connectivity index (χ4n) is 3.25. The molecule has 0 bridgehead atoms. The van der Waals surface area contributed by atoms with E-state index in [-0.39, 0.29) is 18.2 Å². The molecule has 1 aromatic rings. The monoisotopic (exact) mass is 339 g/mol. The van der Waals surface area contributed by atoms with E-state index in [4.69, 9.17) is 0 Å². The normalized spacial score (nSPS) is 25.4. The highest BCUT2D eigenvalue weighted by atomic mass is 16.2. The zero-order chi connectivity index (χ0) is 17.6. The Hall–Kier alpha value is -2.70. The summed E-state index contributed by atoms with van der Waals surface area (Å²) in [5.41, 5.74) is 1.95. The molecule has 25 heavy (non-hydrogen) atoms. The number of H-pyrrole nitrogens is 1. The maximum absolute atomic E-state index is 12.9. The third-order valence-electron chi connectivity index (χ3n) is 4.93. The second-order valence-corrected chi connectivity index (χ2v) is 7.16. The van der Waals surface area contributed by atoms with Crippen molar-refractivity contribution in [2.75, 3.05) is 0 Å². The smallest absolute Gasteiger partial charge is 0.250 e. The lowest BCUT2D eigenvalue weighted by Gasteiger charge is -2.42. The number of allylic oxidation sites excluding steroid dienone is 2. The number of aromatic amines is 1. The summed E-state index contributed by atoms with van der Waals surface area (Å²) in [6, 6.07) is 2.01. The molecular formula is C18H21N5O2. The Bertz CT molecular complexity index is 830. The lowest BCUT2D eigenvalue weighted by atomic mass is 9.90. The van der Waals surface area contributed by atoms with E-state index in [0.717, 1.165) is 17.0 Å². The molecule has 1 fully saturated rings. The Balaban J connectivity index is 1.49. The van der Waals surface area contributed by atoms with E-state index in [2.05, 4.69) is 20.5 Å². The van der Waals surface area contributed by atoms with Gasteiger partial charge in [-0.3, -0.25) is 14.7 Å². The molecule has 1 saturated carbocycles. The van der Waals surface area contributed by atoms with Crippen LogP contribution >= 0.6 is 0 Å². The van der Waals surface area contributed by atoms with Gasteiger partial charge in [-0.1, -0.05) is 0 Å². The molecule has 2 aliphatic heterocycles. The van der Waals surface area contributed by atoms with Gasteiger partial charge in [0.2, 0.25) is 5.91 Å². The van der Waals surface area contributed by atoms with Crippen molar-refractivity contribution in [3.63, 3.8) is 0 Å². The number of amides is 2. The van der Waals surface area contributed by atoms with Crippen LogP contribution in [0.15, 0.2) is 35.0 Å². The summed E-state index contributed by atoms with van der Waals surface area (Å²) in [6.07, 6.45) is 7.98. The van der Waals surface area contributed by atoms with Crippen LogP contribution in [-0.4, -0.2) is 38.3 Å². The minimum Gasteiger partial charge on any atom is -0.348 e. The van der Waals surface area contributed by atoms with Gasteiger partial charge in [0.25, 0.3) is 5.91 Å². The van der Waals surface area contributed by atoms with Crippen LogP contribution in [0.5, 0.6) is 0 Å². The maximum atomic E-state index is 12.9. The summed E-state index contributed by atoms with van der Waals surface area (Å²) in [4.78, 5) is 30.8. The van der Waals surface area contributed by atoms with Gasteiger partial charge in [0.1, 0.15) is 11.4 Å². The number of hydrogen-bond acceptors (Lipinski definition) is 4. The molecule has 2 N–H and O–H groups in total. The molecule has 3 aliphatic rings. The molecule has 4 rings (SSSR count). The Morgan fingerprint density at radius 3 is 3.04 bits per heavy atom. The Morgan fingerprint density at radius 2 is 2.28 bits per heavy atom. The number of hydrogen-bond donors (Lipinski definition) is 2. The first-order valence-electron chi connectivity index (χ1n) is 8.55. The van der Waals surface area contributed by atoms with Crippen LogP contribution in [0, 0.1) is 0 Å². The van der Waals surface area contributed by atoms with Gasteiger partial charge in [-0.05, 0) is 50.5 Å². The Kier molecular flexibility index (Phi) is 3.59. The van der Waals surface area contributed by atoms with Crippen LogP contribution in [0.4, 0.5) is 0 Å². The fourth-order valence-corrected chi connectivity index (χ4v) is 3.25. The summed E-state index contributed by atoms with van der Waals surface area (Å²) < 4.78 is 0. The van der Waals surface area contributed by atoms with Crippen LogP contribution in [0.2, 0.25) is 0 Å². The lowest BCUT2D eigenvalue weighted by molar-refractivity contribution is -0.134. The van der Waals surface area contributed by atoms with Crippen LogP contribution in [-0.2, 0) is 16.1 Å². The molecular weight excluding hydrogens is 318 g/mol. The first-order chi connectivity index (χ1) is 12.0. The average Bonchev–Trinajstić information content (AvgIpc) is 3.30. The molecule has 0 spiro atoms. The Morgan fingerprint density at radius 1 is 1.48 bits per heavy atom. The van der Waals surface area contributed by atoms with Gasteiger partial charge in [-0.15, -0.1) is 0 Å². The fraction of sp³-hybridized carbons (Fsp3) is 0.444. The van der Waals surface area contributed by atoms with Crippen molar-refractivity contribution in [2.45, 2.75) is 51.1 Å². The molecule has 0 saturated heterocycles. The second kappa shape index (κ2) is 5.68. The highest BCUT2D eigenvalue weighted by Gasteiger charge is 2.45. The molecule has 0 radical (unpaired) electrons. The summed E-state index contributed by atoms with van der Waals surface area (Å²) >= 11 is 0. The predicted octanol–water partition coefficient (Wildman–Crippen LogP) is 1.77. The zero-order valence-corrected chi connectivity index (χ0v) is 14.4. The molecule has 7 heteroatoms. The molecule has 1 aliphatic carbocycles. The van der Waals surface area contributed by atoms with Crippen LogP contribution in [0.1, 0.15) is 50.4 Å². The van der Waals surface area contributed by atoms with Crippen molar-refractivity contribution in [1.29, 1.82) is 0 Å². The molecule has 2 amide bonds. The van der Waals surface area contributed by atoms with E-state index in [1.165, 1.54) is 12.8 Å². The largest absolute Gasteiger partial charge is 0.348 e. The van der Waals surface area contributed by atoms with Gasteiger partial charge in [-0.2, -0.15) is 10.1 Å². The number of amidine groups is 1. The number of fused-ring (bicyclic) bond motifs is 1. The predicted molar refractivity (Wildman–Crippen MR) is 92.6 cm³/mol. The third-order valence-corrected chi connectivity index (χ3v) is 4.93. The van der Waals surface area contributed by atoms with Crippen molar-refractivity contribution in [3.8, 4) is 0 Å². The number of aliphatic imine (C=N–C) groups is 1. The van der Waals surface area contributed by atoms with Gasteiger partial charge in [-0.25, -0.2) is 0 Å². The van der Waals surface area contributed by atoms with Crippen molar-refractivity contribution >= 4 is 17.6 Å².